The van der Waals surface area contributed by atoms with Crippen LogP contribution in [0.2, 0.25) is 15.1 Å². The molecule has 1 rings (SSSR count). The lowest BCUT2D eigenvalue weighted by Crippen LogP contribution is -2.08. The molecule has 14 heavy (non-hydrogen) atoms. The van der Waals surface area contributed by atoms with Crippen molar-refractivity contribution in [1.29, 1.82) is 0 Å². The number of amidine groups is 1. The first-order chi connectivity index (χ1) is 6.50. The van der Waals surface area contributed by atoms with Crippen LogP contribution in [0.3, 0.4) is 0 Å². The van der Waals surface area contributed by atoms with Crippen LogP contribution >= 0.6 is 34.8 Å². The molecule has 1 aromatic rings. The van der Waals surface area contributed by atoms with Crippen LogP contribution in [-0.2, 0) is 0 Å². The number of nitrogens with zero attached hydrogens (tertiary/aromatic N) is 1. The molecule has 1 aromatic carbocycles. The van der Waals surface area contributed by atoms with E-state index in [2.05, 4.69) is 10.5 Å². The molecule has 0 radical (unpaired) electrons. The van der Waals surface area contributed by atoms with Gasteiger partial charge in [-0.3, -0.25) is 5.43 Å². The highest BCUT2D eigenvalue weighted by Crippen LogP contribution is 2.33. The van der Waals surface area contributed by atoms with E-state index >= 15 is 0 Å². The van der Waals surface area contributed by atoms with E-state index in [1.165, 1.54) is 0 Å². The SMILES string of the molecule is C/C(N)=N/Nc1c(Cl)cc(Cl)cc1Cl. The van der Waals surface area contributed by atoms with E-state index in [1.54, 1.807) is 19.1 Å². The van der Waals surface area contributed by atoms with Crippen LogP contribution in [0.5, 0.6) is 0 Å². The summed E-state index contributed by atoms with van der Waals surface area (Å²) in [4.78, 5) is 0. The maximum Gasteiger partial charge on any atom is 0.116 e. The van der Waals surface area contributed by atoms with E-state index in [0.29, 0.717) is 26.6 Å². The average molecular weight is 253 g/mol. The molecule has 0 aromatic heterocycles. The van der Waals surface area contributed by atoms with Crippen molar-refractivity contribution in [3.05, 3.63) is 27.2 Å². The largest absolute Gasteiger partial charge is 0.386 e. The lowest BCUT2D eigenvalue weighted by atomic mass is 10.3. The van der Waals surface area contributed by atoms with Crippen LogP contribution < -0.4 is 11.2 Å². The molecule has 0 saturated heterocycles. The number of hydrogen-bond acceptors (Lipinski definition) is 2. The summed E-state index contributed by atoms with van der Waals surface area (Å²) in [5, 5.41) is 5.04. The smallest absolute Gasteiger partial charge is 0.116 e. The van der Waals surface area contributed by atoms with E-state index in [4.69, 9.17) is 40.5 Å². The van der Waals surface area contributed by atoms with Gasteiger partial charge in [0.25, 0.3) is 0 Å². The fourth-order valence-corrected chi connectivity index (χ4v) is 1.69. The van der Waals surface area contributed by atoms with Crippen molar-refractivity contribution in [3.63, 3.8) is 0 Å². The summed E-state index contributed by atoms with van der Waals surface area (Å²) in [6.07, 6.45) is 0. The van der Waals surface area contributed by atoms with Gasteiger partial charge >= 0.3 is 0 Å². The Hall–Kier alpha value is -0.640. The molecule has 3 nitrogen and oxygen atoms in total. The van der Waals surface area contributed by atoms with Crippen molar-refractivity contribution < 1.29 is 0 Å². The third kappa shape index (κ3) is 2.94. The topological polar surface area (TPSA) is 50.4 Å². The van der Waals surface area contributed by atoms with E-state index in [1.807, 2.05) is 0 Å². The molecule has 0 heterocycles. The fraction of sp³-hybridized carbons (Fsp3) is 0.125. The Morgan fingerprint density at radius 3 is 2.21 bits per heavy atom. The van der Waals surface area contributed by atoms with Crippen LogP contribution in [0.1, 0.15) is 6.92 Å². The molecule has 0 saturated carbocycles. The third-order valence-corrected chi connectivity index (χ3v) is 2.17. The average Bonchev–Trinajstić information content (AvgIpc) is 2.01. The fourth-order valence-electron chi connectivity index (χ4n) is 0.793. The number of benzene rings is 1. The summed E-state index contributed by atoms with van der Waals surface area (Å²) in [6.45, 7) is 1.64. The monoisotopic (exact) mass is 251 g/mol. The highest BCUT2D eigenvalue weighted by molar-refractivity contribution is 6.41. The Bertz CT molecular complexity index is 349. The van der Waals surface area contributed by atoms with E-state index in [0.717, 1.165) is 0 Å². The van der Waals surface area contributed by atoms with Crippen molar-refractivity contribution in [2.45, 2.75) is 6.92 Å². The van der Waals surface area contributed by atoms with Gasteiger partial charge in [0.15, 0.2) is 0 Å². The molecule has 0 unspecified atom stereocenters. The van der Waals surface area contributed by atoms with Crippen molar-refractivity contribution >= 4 is 46.3 Å². The normalized spacial score (nSPS) is 11.6. The van der Waals surface area contributed by atoms with Crippen molar-refractivity contribution in [3.8, 4) is 0 Å². The lowest BCUT2D eigenvalue weighted by molar-refractivity contribution is 1.30. The highest BCUT2D eigenvalue weighted by atomic mass is 35.5. The van der Waals surface area contributed by atoms with Gasteiger partial charge in [0.1, 0.15) is 5.84 Å². The maximum absolute atomic E-state index is 5.88. The van der Waals surface area contributed by atoms with Crippen molar-refractivity contribution in [2.24, 2.45) is 10.8 Å². The summed E-state index contributed by atoms with van der Waals surface area (Å²) >= 11 is 17.5. The number of halogens is 3. The molecule has 0 aliphatic rings. The van der Waals surface area contributed by atoms with Gasteiger partial charge in [0, 0.05) is 5.02 Å². The Morgan fingerprint density at radius 1 is 1.29 bits per heavy atom. The van der Waals surface area contributed by atoms with Crippen molar-refractivity contribution in [2.75, 3.05) is 5.43 Å². The second-order valence-corrected chi connectivity index (χ2v) is 3.86. The Labute approximate surface area is 96.8 Å². The van der Waals surface area contributed by atoms with E-state index in [-0.39, 0.29) is 0 Å². The van der Waals surface area contributed by atoms with Crippen LogP contribution in [0.25, 0.3) is 0 Å². The first-order valence-electron chi connectivity index (χ1n) is 3.71. The van der Waals surface area contributed by atoms with Crippen LogP contribution in [-0.4, -0.2) is 5.84 Å². The van der Waals surface area contributed by atoms with Gasteiger partial charge in [-0.05, 0) is 19.1 Å². The molecule has 76 valence electrons. The minimum atomic E-state index is 0.382. The van der Waals surface area contributed by atoms with Gasteiger partial charge in [0.05, 0.1) is 15.7 Å². The van der Waals surface area contributed by atoms with Gasteiger partial charge in [-0.15, -0.1) is 0 Å². The maximum atomic E-state index is 5.88. The quantitative estimate of drug-likeness (QED) is 0.482. The summed E-state index contributed by atoms with van der Waals surface area (Å²) in [6, 6.07) is 3.14. The standard InChI is InChI=1S/C8H8Cl3N3/c1-4(12)13-14-8-6(10)2-5(9)3-7(8)11/h2-3,14H,1H3,(H2,12,13). The second kappa shape index (κ2) is 4.73. The van der Waals surface area contributed by atoms with Crippen LogP contribution in [0, 0.1) is 0 Å². The summed E-state index contributed by atoms with van der Waals surface area (Å²) in [7, 11) is 0. The molecule has 0 atom stereocenters. The zero-order valence-electron chi connectivity index (χ0n) is 7.31. The minimum absolute atomic E-state index is 0.382. The molecule has 3 N–H and O–H groups in total. The van der Waals surface area contributed by atoms with Gasteiger partial charge < -0.3 is 5.73 Å². The molecule has 0 bridgehead atoms. The minimum Gasteiger partial charge on any atom is -0.386 e. The zero-order chi connectivity index (χ0) is 10.7. The number of hydrogen-bond donors (Lipinski definition) is 2. The molecule has 6 heteroatoms. The number of nitrogens with two attached hydrogens (primary N) is 1. The molecule has 0 aliphatic heterocycles. The predicted molar refractivity (Wildman–Crippen MR) is 62.4 cm³/mol. The van der Waals surface area contributed by atoms with Gasteiger partial charge in [0.2, 0.25) is 0 Å². The molecular weight excluding hydrogens is 244 g/mol. The molecule has 0 aliphatic carbocycles. The van der Waals surface area contributed by atoms with Crippen LogP contribution in [0.4, 0.5) is 5.69 Å². The Kier molecular flexibility index (Phi) is 3.86. The summed E-state index contributed by atoms with van der Waals surface area (Å²) in [5.74, 6) is 0.382. The first-order valence-corrected chi connectivity index (χ1v) is 4.84. The van der Waals surface area contributed by atoms with E-state index < -0.39 is 0 Å². The lowest BCUT2D eigenvalue weighted by Gasteiger charge is -2.06. The number of rotatable bonds is 2. The summed E-state index contributed by atoms with van der Waals surface area (Å²) in [5.41, 5.74) is 8.48. The Morgan fingerprint density at radius 2 is 1.79 bits per heavy atom. The molecule has 0 spiro atoms. The molecule has 0 fully saturated rings. The third-order valence-electron chi connectivity index (χ3n) is 1.35. The second-order valence-electron chi connectivity index (χ2n) is 2.61. The first kappa shape index (κ1) is 11.4. The number of nitrogens with one attached hydrogen (secondary N) is 1. The highest BCUT2D eigenvalue weighted by Gasteiger charge is 2.06. The van der Waals surface area contributed by atoms with Gasteiger partial charge in [-0.25, -0.2) is 0 Å². The van der Waals surface area contributed by atoms with Gasteiger partial charge in [-0.1, -0.05) is 34.8 Å². The number of hydrazone groups is 1. The Balaban J connectivity index is 3.03. The molecule has 0 amide bonds. The molecular formula is C8H8Cl3N3. The van der Waals surface area contributed by atoms with Crippen LogP contribution in [0.15, 0.2) is 17.2 Å². The number of anilines is 1. The summed E-state index contributed by atoms with van der Waals surface area (Å²) < 4.78 is 0. The predicted octanol–water partition coefficient (Wildman–Crippen LogP) is 3.35. The van der Waals surface area contributed by atoms with Crippen molar-refractivity contribution in [1.82, 2.24) is 0 Å². The van der Waals surface area contributed by atoms with E-state index in [9.17, 15) is 0 Å². The van der Waals surface area contributed by atoms with Gasteiger partial charge in [-0.2, -0.15) is 5.10 Å². The zero-order valence-corrected chi connectivity index (χ0v) is 9.58.